The average molecular weight is 816 g/mol. The molecule has 0 bridgehead atoms. The van der Waals surface area contributed by atoms with Crippen molar-refractivity contribution in [1.29, 1.82) is 0 Å². The molecule has 4 amide bonds. The second-order valence-electron chi connectivity index (χ2n) is 14.4. The second-order valence-corrected chi connectivity index (χ2v) is 15.2. The molecule has 1 saturated carbocycles. The molecule has 4 aliphatic rings. The van der Waals surface area contributed by atoms with E-state index in [1.54, 1.807) is 18.2 Å². The number of amides is 4. The smallest absolute Gasteiger partial charge is 0.417 e. The number of aromatic nitrogens is 1. The summed E-state index contributed by atoms with van der Waals surface area (Å²) in [5.41, 5.74) is 0.639. The number of ether oxygens (including phenoxy) is 1. The zero-order valence-corrected chi connectivity index (χ0v) is 31.2. The van der Waals surface area contributed by atoms with Gasteiger partial charge in [0.25, 0.3) is 11.8 Å². The topological polar surface area (TPSA) is 166 Å². The SMILES string of the molecule is COc1ccc(O)c([C@H]2C3=CC[C@@H]4C(=O)N(CCCCCC(=O)O)C(=O)[C@@H]4[C@@H]3C[C@H]3C(=O)N(Nc4ncc(C(F)(F)F)cc4Cl)C(=O)[C@@]23c2ccc(Cl)cc2)c1. The average Bonchev–Trinajstić information content (AvgIpc) is 3.52. The van der Waals surface area contributed by atoms with E-state index in [2.05, 4.69) is 10.4 Å². The molecule has 3 heterocycles. The maximum atomic E-state index is 15.3. The first-order chi connectivity index (χ1) is 26.6. The largest absolute Gasteiger partial charge is 0.508 e. The van der Waals surface area contributed by atoms with E-state index in [1.807, 2.05) is 0 Å². The minimum absolute atomic E-state index is 0.0441. The number of likely N-dealkylation sites (tertiary alicyclic amines) is 1. The number of anilines is 1. The molecule has 0 spiro atoms. The number of alkyl halides is 3. The second kappa shape index (κ2) is 14.7. The highest BCUT2D eigenvalue weighted by Crippen LogP contribution is 2.65. The minimum atomic E-state index is -4.77. The van der Waals surface area contributed by atoms with Gasteiger partial charge in [-0.1, -0.05) is 53.4 Å². The van der Waals surface area contributed by atoms with Gasteiger partial charge in [-0.2, -0.15) is 18.2 Å². The first kappa shape index (κ1) is 39.1. The lowest BCUT2D eigenvalue weighted by Crippen LogP contribution is -2.53. The zero-order chi connectivity index (χ0) is 40.3. The summed E-state index contributed by atoms with van der Waals surface area (Å²) in [5.74, 6) is -8.62. The van der Waals surface area contributed by atoms with Crippen LogP contribution in [0.3, 0.4) is 0 Å². The molecule has 17 heteroatoms. The number of carboxylic acids is 1. The van der Waals surface area contributed by atoms with Crippen LogP contribution in [-0.4, -0.2) is 68.4 Å². The molecule has 294 valence electrons. The zero-order valence-electron chi connectivity index (χ0n) is 29.7. The number of phenolic OH excluding ortho intramolecular Hbond substituents is 1. The molecule has 7 rings (SSSR count). The number of pyridine rings is 1. The molecule has 2 aliphatic heterocycles. The Balaban J connectivity index is 1.36. The van der Waals surface area contributed by atoms with Crippen molar-refractivity contribution < 1.29 is 52.1 Å². The molecule has 12 nitrogen and oxygen atoms in total. The number of nitrogens with one attached hydrogen (secondary N) is 1. The van der Waals surface area contributed by atoms with E-state index in [0.717, 1.165) is 0 Å². The van der Waals surface area contributed by atoms with Gasteiger partial charge in [0.15, 0.2) is 5.82 Å². The number of aliphatic carboxylic acids is 1. The Hall–Kier alpha value is -5.15. The summed E-state index contributed by atoms with van der Waals surface area (Å²) in [5, 5.41) is 21.0. The van der Waals surface area contributed by atoms with Crippen LogP contribution in [0.15, 0.2) is 66.4 Å². The molecule has 3 aromatic rings. The summed E-state index contributed by atoms with van der Waals surface area (Å²) in [6.07, 6.45) is -1.24. The first-order valence-electron chi connectivity index (χ1n) is 17.9. The van der Waals surface area contributed by atoms with E-state index in [9.17, 15) is 37.5 Å². The Morgan fingerprint density at radius 1 is 1.00 bits per heavy atom. The van der Waals surface area contributed by atoms with Crippen LogP contribution in [0.1, 0.15) is 61.1 Å². The van der Waals surface area contributed by atoms with Crippen LogP contribution in [0.5, 0.6) is 11.5 Å². The molecule has 2 saturated heterocycles. The molecule has 0 radical (unpaired) electrons. The van der Waals surface area contributed by atoms with Crippen LogP contribution in [0.4, 0.5) is 19.0 Å². The van der Waals surface area contributed by atoms with Crippen molar-refractivity contribution in [3.05, 3.63) is 93.1 Å². The Labute approximate surface area is 328 Å². The molecule has 3 N–H and O–H groups in total. The molecule has 6 atom stereocenters. The van der Waals surface area contributed by atoms with Gasteiger partial charge in [-0.25, -0.2) is 4.98 Å². The van der Waals surface area contributed by atoms with Gasteiger partial charge in [0.1, 0.15) is 11.5 Å². The van der Waals surface area contributed by atoms with E-state index in [0.29, 0.717) is 58.4 Å². The predicted molar refractivity (Wildman–Crippen MR) is 194 cm³/mol. The molecule has 3 fully saturated rings. The van der Waals surface area contributed by atoms with Crippen molar-refractivity contribution in [2.24, 2.45) is 23.7 Å². The summed E-state index contributed by atoms with van der Waals surface area (Å²) in [7, 11) is 1.41. The minimum Gasteiger partial charge on any atom is -0.508 e. The summed E-state index contributed by atoms with van der Waals surface area (Å²) < 4.78 is 45.9. The van der Waals surface area contributed by atoms with Crippen LogP contribution in [0.25, 0.3) is 0 Å². The first-order valence-corrected chi connectivity index (χ1v) is 18.6. The number of hydrazine groups is 1. The molecular formula is C39H35Cl2F3N4O8. The molecular weight excluding hydrogens is 780 g/mol. The lowest BCUT2D eigenvalue weighted by Gasteiger charge is -2.50. The number of methoxy groups -OCH3 is 1. The summed E-state index contributed by atoms with van der Waals surface area (Å²) in [6.45, 7) is 0.0839. The van der Waals surface area contributed by atoms with Crippen LogP contribution in [0, 0.1) is 23.7 Å². The van der Waals surface area contributed by atoms with E-state index in [-0.39, 0.29) is 43.0 Å². The summed E-state index contributed by atoms with van der Waals surface area (Å²) in [6, 6.07) is 11.3. The number of halogens is 5. The fourth-order valence-electron chi connectivity index (χ4n) is 9.03. The van der Waals surface area contributed by atoms with Crippen molar-refractivity contribution in [3.8, 4) is 11.5 Å². The number of allylic oxidation sites excluding steroid dienone is 2. The number of aromatic hydroxyl groups is 1. The number of fused-ring (bicyclic) bond motifs is 4. The van der Waals surface area contributed by atoms with Crippen molar-refractivity contribution >= 4 is 58.6 Å². The Kier molecular flexibility index (Phi) is 10.3. The number of benzene rings is 2. The van der Waals surface area contributed by atoms with Crippen LogP contribution < -0.4 is 10.2 Å². The van der Waals surface area contributed by atoms with Gasteiger partial charge in [-0.3, -0.25) is 34.3 Å². The maximum absolute atomic E-state index is 15.3. The number of phenols is 1. The molecule has 2 aliphatic carbocycles. The van der Waals surface area contributed by atoms with Gasteiger partial charge < -0.3 is 14.9 Å². The summed E-state index contributed by atoms with van der Waals surface area (Å²) >= 11 is 12.5. The van der Waals surface area contributed by atoms with E-state index in [1.165, 1.54) is 42.3 Å². The third-order valence-electron chi connectivity index (χ3n) is 11.5. The van der Waals surface area contributed by atoms with E-state index >= 15 is 4.79 Å². The quantitative estimate of drug-likeness (QED) is 0.107. The van der Waals surface area contributed by atoms with Gasteiger partial charge in [-0.15, -0.1) is 0 Å². The summed E-state index contributed by atoms with van der Waals surface area (Å²) in [4.78, 5) is 74.1. The highest BCUT2D eigenvalue weighted by Gasteiger charge is 2.70. The Morgan fingerprint density at radius 3 is 2.39 bits per heavy atom. The van der Waals surface area contributed by atoms with Gasteiger partial charge in [0.05, 0.1) is 40.9 Å². The number of carboxylic acid groups (broad SMARTS) is 1. The van der Waals surface area contributed by atoms with E-state index < -0.39 is 81.3 Å². The van der Waals surface area contributed by atoms with Crippen molar-refractivity contribution in [2.75, 3.05) is 19.1 Å². The predicted octanol–water partition coefficient (Wildman–Crippen LogP) is 6.75. The molecule has 2 aromatic carbocycles. The highest BCUT2D eigenvalue weighted by molar-refractivity contribution is 6.33. The maximum Gasteiger partial charge on any atom is 0.417 e. The van der Waals surface area contributed by atoms with Crippen LogP contribution in [-0.2, 0) is 35.6 Å². The number of carbonyl (C=O) groups excluding carboxylic acids is 4. The number of unbranched alkanes of at least 4 members (excludes halogenated alkanes) is 2. The normalized spacial score (nSPS) is 25.8. The lowest BCUT2D eigenvalue weighted by atomic mass is 9.49. The third-order valence-corrected chi connectivity index (χ3v) is 12.0. The lowest BCUT2D eigenvalue weighted by molar-refractivity contribution is -0.141. The number of carbonyl (C=O) groups is 5. The van der Waals surface area contributed by atoms with Gasteiger partial charge in [-0.05, 0) is 73.6 Å². The van der Waals surface area contributed by atoms with Gasteiger partial charge >= 0.3 is 12.1 Å². The van der Waals surface area contributed by atoms with Crippen molar-refractivity contribution in [2.45, 2.75) is 56.0 Å². The molecule has 0 unspecified atom stereocenters. The highest BCUT2D eigenvalue weighted by atomic mass is 35.5. The number of imide groups is 2. The van der Waals surface area contributed by atoms with Gasteiger partial charge in [0.2, 0.25) is 11.8 Å². The van der Waals surface area contributed by atoms with E-state index in [4.69, 9.17) is 33.0 Å². The Bertz CT molecular complexity index is 2170. The monoisotopic (exact) mass is 814 g/mol. The number of rotatable bonds is 11. The Morgan fingerprint density at radius 2 is 1.73 bits per heavy atom. The fraction of sp³-hybridized carbons (Fsp3) is 0.385. The van der Waals surface area contributed by atoms with Crippen molar-refractivity contribution in [3.63, 3.8) is 0 Å². The number of nitrogens with zero attached hydrogens (tertiary/aromatic N) is 3. The van der Waals surface area contributed by atoms with Crippen molar-refractivity contribution in [1.82, 2.24) is 14.9 Å². The molecule has 1 aromatic heterocycles. The number of hydrogen-bond acceptors (Lipinski definition) is 9. The fourth-order valence-corrected chi connectivity index (χ4v) is 9.36. The van der Waals surface area contributed by atoms with Crippen LogP contribution >= 0.6 is 23.2 Å². The van der Waals surface area contributed by atoms with Crippen LogP contribution in [0.2, 0.25) is 10.0 Å². The molecule has 56 heavy (non-hydrogen) atoms. The number of hydrogen-bond donors (Lipinski definition) is 3. The standard InChI is InChI=1S/C39H35Cl2F3N4O8/c1-56-22-10-13-29(49)26(16-22)32-23-11-12-24-31(36(54)47(34(24)52)14-4-2-3-5-30(50)51)25(23)17-27-35(53)48(37(55)38(27,32)19-6-8-21(40)9-7-19)46-33-28(41)15-20(18-45-33)39(42,43)44/h6-11,13,15-16,18,24-25,27,31-32,49H,2-5,12,14,17H2,1H3,(H,45,46)(H,50,51)/t24-,25+,27-,31-,32+,38+/m0/s1. The van der Waals surface area contributed by atoms with Gasteiger partial charge in [0, 0.05) is 35.7 Å². The third kappa shape index (κ3) is 6.43.